The van der Waals surface area contributed by atoms with Crippen LogP contribution >= 0.6 is 0 Å². The highest BCUT2D eigenvalue weighted by atomic mass is 16.4. The lowest BCUT2D eigenvalue weighted by molar-refractivity contribution is -0.133. The maximum atomic E-state index is 10.7. The average Bonchev–Trinajstić information content (AvgIpc) is 1.94. The normalized spacial score (nSPS) is 24.3. The van der Waals surface area contributed by atoms with Crippen molar-refractivity contribution < 1.29 is 15.0 Å². The van der Waals surface area contributed by atoms with E-state index in [4.69, 9.17) is 10.2 Å². The topological polar surface area (TPSA) is 69.6 Å². The third-order valence-electron chi connectivity index (χ3n) is 2.10. The Morgan fingerprint density at radius 2 is 2.25 bits per heavy atom. The number of aliphatic carboxylic acids is 1. The highest BCUT2D eigenvalue weighted by Gasteiger charge is 2.27. The minimum atomic E-state index is -0.932. The number of hydrogen-bond acceptors (Lipinski definition) is 3. The molecule has 0 aromatic rings. The Labute approximate surface area is 70.9 Å². The lowest BCUT2D eigenvalue weighted by atomic mass is 9.94. The maximum Gasteiger partial charge on any atom is 0.333 e. The van der Waals surface area contributed by atoms with Crippen LogP contribution in [0.4, 0.5) is 0 Å². The zero-order chi connectivity index (χ0) is 9.14. The Morgan fingerprint density at radius 1 is 1.67 bits per heavy atom. The first-order valence-corrected chi connectivity index (χ1v) is 3.94. The Bertz CT molecular complexity index is 218. The van der Waals surface area contributed by atoms with Gasteiger partial charge in [-0.15, -0.1) is 0 Å². The average molecular weight is 171 g/mol. The lowest BCUT2D eigenvalue weighted by Gasteiger charge is -2.29. The van der Waals surface area contributed by atoms with E-state index in [-0.39, 0.29) is 12.6 Å². The molecule has 0 aromatic heterocycles. The highest BCUT2D eigenvalue weighted by molar-refractivity contribution is 5.89. The molecule has 1 heterocycles. The van der Waals surface area contributed by atoms with Crippen molar-refractivity contribution in [3.8, 4) is 0 Å². The predicted octanol–water partition coefficient (Wildman–Crippen LogP) is -0.258. The molecule has 4 nitrogen and oxygen atoms in total. The minimum absolute atomic E-state index is 0.0605. The molecule has 0 aliphatic carbocycles. The molecule has 0 bridgehead atoms. The summed E-state index contributed by atoms with van der Waals surface area (Å²) in [5.41, 5.74) is 0.864. The van der Waals surface area contributed by atoms with E-state index in [0.717, 1.165) is 13.0 Å². The molecule has 0 radical (unpaired) electrons. The minimum Gasteiger partial charge on any atom is -0.478 e. The van der Waals surface area contributed by atoms with Gasteiger partial charge in [-0.25, -0.2) is 4.79 Å². The van der Waals surface area contributed by atoms with Gasteiger partial charge >= 0.3 is 5.97 Å². The van der Waals surface area contributed by atoms with Crippen LogP contribution in [0, 0.1) is 0 Å². The van der Waals surface area contributed by atoms with Crippen LogP contribution in [0.25, 0.3) is 0 Å². The number of aliphatic hydroxyl groups is 1. The number of hydrogen-bond donors (Lipinski definition) is 3. The number of aliphatic hydroxyl groups excluding tert-OH is 1. The zero-order valence-corrected chi connectivity index (χ0v) is 7.00. The molecule has 1 fully saturated rings. The van der Waals surface area contributed by atoms with E-state index in [1.54, 1.807) is 6.92 Å². The summed E-state index contributed by atoms with van der Waals surface area (Å²) in [5.74, 6) is -0.932. The van der Waals surface area contributed by atoms with E-state index in [9.17, 15) is 4.79 Å². The van der Waals surface area contributed by atoms with Crippen LogP contribution in [0.2, 0.25) is 0 Å². The van der Waals surface area contributed by atoms with Gasteiger partial charge in [0.05, 0.1) is 12.2 Å². The molecule has 0 spiro atoms. The van der Waals surface area contributed by atoms with Gasteiger partial charge in [0.1, 0.15) is 0 Å². The van der Waals surface area contributed by atoms with Crippen molar-refractivity contribution in [3.63, 3.8) is 0 Å². The van der Waals surface area contributed by atoms with E-state index >= 15 is 0 Å². The number of rotatable bonds is 3. The van der Waals surface area contributed by atoms with Crippen molar-refractivity contribution in [1.82, 2.24) is 5.32 Å². The van der Waals surface area contributed by atoms with Crippen LogP contribution in [0.3, 0.4) is 0 Å². The molecule has 1 rings (SSSR count). The van der Waals surface area contributed by atoms with E-state index in [0.29, 0.717) is 11.1 Å². The van der Waals surface area contributed by atoms with Crippen LogP contribution in [0.1, 0.15) is 13.3 Å². The molecule has 0 saturated carbocycles. The first kappa shape index (κ1) is 9.22. The van der Waals surface area contributed by atoms with Gasteiger partial charge in [-0.1, -0.05) is 0 Å². The second-order valence-electron chi connectivity index (χ2n) is 2.95. The molecule has 68 valence electrons. The van der Waals surface area contributed by atoms with Crippen LogP contribution in [-0.4, -0.2) is 35.4 Å². The smallest absolute Gasteiger partial charge is 0.333 e. The van der Waals surface area contributed by atoms with Crippen LogP contribution in [-0.2, 0) is 4.79 Å². The number of nitrogens with one attached hydrogen (secondary N) is 1. The third-order valence-corrected chi connectivity index (χ3v) is 2.10. The summed E-state index contributed by atoms with van der Waals surface area (Å²) in [6, 6.07) is -0.0605. The summed E-state index contributed by atoms with van der Waals surface area (Å²) in [7, 11) is 0. The fourth-order valence-electron chi connectivity index (χ4n) is 1.25. The van der Waals surface area contributed by atoms with Crippen molar-refractivity contribution in [1.29, 1.82) is 0 Å². The summed E-state index contributed by atoms with van der Waals surface area (Å²) in [4.78, 5) is 10.7. The standard InChI is InChI=1S/C8H13NO3/c1-5(4-10)7(8(11)12)6-2-3-9-6/h6,9-10H,2-4H2,1H3,(H,11,12)/b7-5-. The van der Waals surface area contributed by atoms with Gasteiger partial charge in [-0.2, -0.15) is 0 Å². The van der Waals surface area contributed by atoms with Crippen LogP contribution in [0.15, 0.2) is 11.1 Å². The van der Waals surface area contributed by atoms with Gasteiger partial charge < -0.3 is 15.5 Å². The molecule has 4 heteroatoms. The van der Waals surface area contributed by atoms with E-state index in [1.807, 2.05) is 0 Å². The van der Waals surface area contributed by atoms with Gasteiger partial charge in [0, 0.05) is 6.04 Å². The first-order valence-electron chi connectivity index (χ1n) is 3.94. The molecule has 0 aromatic carbocycles. The molecule has 12 heavy (non-hydrogen) atoms. The van der Waals surface area contributed by atoms with Gasteiger partial charge in [0.15, 0.2) is 0 Å². The van der Waals surface area contributed by atoms with E-state index in [1.165, 1.54) is 0 Å². The van der Waals surface area contributed by atoms with Gasteiger partial charge in [-0.3, -0.25) is 0 Å². The van der Waals surface area contributed by atoms with Crippen molar-refractivity contribution in [2.75, 3.05) is 13.2 Å². The Hall–Kier alpha value is -0.870. The number of carboxylic acid groups (broad SMARTS) is 1. The fraction of sp³-hybridized carbons (Fsp3) is 0.625. The zero-order valence-electron chi connectivity index (χ0n) is 7.00. The monoisotopic (exact) mass is 171 g/mol. The van der Waals surface area contributed by atoms with Gasteiger partial charge in [0.2, 0.25) is 0 Å². The molecular formula is C8H13NO3. The van der Waals surface area contributed by atoms with Crippen molar-refractivity contribution in [2.24, 2.45) is 0 Å². The van der Waals surface area contributed by atoms with Crippen molar-refractivity contribution in [2.45, 2.75) is 19.4 Å². The second kappa shape index (κ2) is 3.69. The molecule has 1 aliphatic heterocycles. The Kier molecular flexibility index (Phi) is 2.83. The Balaban J connectivity index is 2.79. The Morgan fingerprint density at radius 3 is 2.50 bits per heavy atom. The van der Waals surface area contributed by atoms with Gasteiger partial charge in [-0.05, 0) is 25.5 Å². The lowest BCUT2D eigenvalue weighted by Crippen LogP contribution is -2.46. The molecule has 1 saturated heterocycles. The summed E-state index contributed by atoms with van der Waals surface area (Å²) in [6.45, 7) is 2.32. The highest BCUT2D eigenvalue weighted by Crippen LogP contribution is 2.17. The second-order valence-corrected chi connectivity index (χ2v) is 2.95. The molecule has 0 amide bonds. The van der Waals surface area contributed by atoms with Crippen molar-refractivity contribution >= 4 is 5.97 Å². The molecular weight excluding hydrogens is 158 g/mol. The molecule has 1 atom stereocenters. The third kappa shape index (κ3) is 1.65. The first-order chi connectivity index (χ1) is 5.66. The number of carboxylic acids is 1. The quantitative estimate of drug-likeness (QED) is 0.512. The predicted molar refractivity (Wildman–Crippen MR) is 43.8 cm³/mol. The molecule has 1 unspecified atom stereocenters. The largest absolute Gasteiger partial charge is 0.478 e. The number of carbonyl (C=O) groups is 1. The fourth-order valence-corrected chi connectivity index (χ4v) is 1.25. The summed E-state index contributed by atoms with van der Waals surface area (Å²) >= 11 is 0. The molecule has 1 aliphatic rings. The summed E-state index contributed by atoms with van der Waals surface area (Å²) < 4.78 is 0. The SMILES string of the molecule is C/C(CO)=C(/C(=O)O)C1CCN1. The van der Waals surface area contributed by atoms with Crippen LogP contribution in [0.5, 0.6) is 0 Å². The summed E-state index contributed by atoms with van der Waals surface area (Å²) in [5, 5.41) is 20.6. The van der Waals surface area contributed by atoms with E-state index < -0.39 is 5.97 Å². The van der Waals surface area contributed by atoms with E-state index in [2.05, 4.69) is 5.32 Å². The van der Waals surface area contributed by atoms with Crippen molar-refractivity contribution in [3.05, 3.63) is 11.1 Å². The van der Waals surface area contributed by atoms with Crippen LogP contribution < -0.4 is 5.32 Å². The summed E-state index contributed by atoms with van der Waals surface area (Å²) in [6.07, 6.45) is 0.846. The maximum absolute atomic E-state index is 10.7. The van der Waals surface area contributed by atoms with Gasteiger partial charge in [0.25, 0.3) is 0 Å². The molecule has 3 N–H and O–H groups in total.